The summed E-state index contributed by atoms with van der Waals surface area (Å²) in [5, 5.41) is 16.0. The van der Waals surface area contributed by atoms with Crippen LogP contribution >= 0.6 is 11.3 Å². The minimum absolute atomic E-state index is 0.0309. The minimum Gasteiger partial charge on any atom is -0.392 e. The lowest BCUT2D eigenvalue weighted by Crippen LogP contribution is -2.22. The summed E-state index contributed by atoms with van der Waals surface area (Å²) in [5.74, 6) is 1.35. The van der Waals surface area contributed by atoms with Gasteiger partial charge in [-0.2, -0.15) is 4.98 Å². The molecule has 0 bridgehead atoms. The fourth-order valence-corrected chi connectivity index (χ4v) is 3.16. The van der Waals surface area contributed by atoms with Gasteiger partial charge in [-0.3, -0.25) is 0 Å². The van der Waals surface area contributed by atoms with Crippen molar-refractivity contribution in [1.29, 1.82) is 0 Å². The van der Waals surface area contributed by atoms with Crippen LogP contribution in [0.2, 0.25) is 0 Å². The van der Waals surface area contributed by atoms with Crippen LogP contribution in [0, 0.1) is 0 Å². The number of nitrogens with zero attached hydrogens (tertiary/aromatic N) is 2. The quantitative estimate of drug-likeness (QED) is 0.926. The highest BCUT2D eigenvalue weighted by atomic mass is 32.1. The highest BCUT2D eigenvalue weighted by Gasteiger charge is 2.29. The SMILES string of the molecule is OC1CCCCC1c1nc(Cc2cccs2)no1. The Balaban J connectivity index is 1.72. The largest absolute Gasteiger partial charge is 0.392 e. The molecular formula is C13H16N2O2S. The van der Waals surface area contributed by atoms with E-state index in [1.165, 1.54) is 4.88 Å². The summed E-state index contributed by atoms with van der Waals surface area (Å²) in [6.07, 6.45) is 4.39. The first-order valence-corrected chi connectivity index (χ1v) is 7.24. The Kier molecular flexibility index (Phi) is 3.43. The van der Waals surface area contributed by atoms with E-state index in [-0.39, 0.29) is 12.0 Å². The van der Waals surface area contributed by atoms with Crippen LogP contribution in [0.15, 0.2) is 22.0 Å². The van der Waals surface area contributed by atoms with Gasteiger partial charge in [0, 0.05) is 11.3 Å². The third kappa shape index (κ3) is 2.47. The second kappa shape index (κ2) is 5.20. The molecule has 1 aliphatic rings. The first-order chi connectivity index (χ1) is 8.83. The topological polar surface area (TPSA) is 59.2 Å². The molecule has 1 fully saturated rings. The lowest BCUT2D eigenvalue weighted by molar-refractivity contribution is 0.0908. The van der Waals surface area contributed by atoms with Crippen molar-refractivity contribution in [3.05, 3.63) is 34.1 Å². The normalized spacial score (nSPS) is 24.3. The lowest BCUT2D eigenvalue weighted by Gasteiger charge is -2.24. The van der Waals surface area contributed by atoms with Crippen LogP contribution in [0.1, 0.15) is 48.2 Å². The fraction of sp³-hybridized carbons (Fsp3) is 0.538. The van der Waals surface area contributed by atoms with E-state index in [2.05, 4.69) is 16.2 Å². The molecule has 0 saturated heterocycles. The van der Waals surface area contributed by atoms with Gasteiger partial charge in [0.25, 0.3) is 0 Å². The predicted octanol–water partition coefficient (Wildman–Crippen LogP) is 2.74. The van der Waals surface area contributed by atoms with Gasteiger partial charge in [0.2, 0.25) is 5.89 Å². The lowest BCUT2D eigenvalue weighted by atomic mass is 9.86. The van der Waals surface area contributed by atoms with Crippen LogP contribution in [-0.4, -0.2) is 21.4 Å². The predicted molar refractivity (Wildman–Crippen MR) is 68.6 cm³/mol. The average Bonchev–Trinajstić information content (AvgIpc) is 3.02. The van der Waals surface area contributed by atoms with Gasteiger partial charge in [0.15, 0.2) is 5.82 Å². The smallest absolute Gasteiger partial charge is 0.232 e. The van der Waals surface area contributed by atoms with E-state index in [9.17, 15) is 5.11 Å². The van der Waals surface area contributed by atoms with E-state index >= 15 is 0 Å². The molecule has 0 aliphatic heterocycles. The summed E-state index contributed by atoms with van der Waals surface area (Å²) in [5.41, 5.74) is 0. The summed E-state index contributed by atoms with van der Waals surface area (Å²) in [6, 6.07) is 4.09. The van der Waals surface area contributed by atoms with Crippen molar-refractivity contribution in [2.24, 2.45) is 0 Å². The molecule has 0 radical (unpaired) electrons. The van der Waals surface area contributed by atoms with Crippen LogP contribution in [0.5, 0.6) is 0 Å². The molecule has 96 valence electrons. The molecule has 1 aliphatic carbocycles. The standard InChI is InChI=1S/C13H16N2O2S/c16-11-6-2-1-5-10(11)13-14-12(15-17-13)8-9-4-3-7-18-9/h3-4,7,10-11,16H,1-2,5-6,8H2. The van der Waals surface area contributed by atoms with Crippen LogP contribution in [-0.2, 0) is 6.42 Å². The molecular weight excluding hydrogens is 248 g/mol. The number of rotatable bonds is 3. The maximum atomic E-state index is 9.96. The Morgan fingerprint density at radius 1 is 1.39 bits per heavy atom. The maximum Gasteiger partial charge on any atom is 0.232 e. The van der Waals surface area contributed by atoms with E-state index in [0.717, 1.165) is 25.7 Å². The van der Waals surface area contributed by atoms with Gasteiger partial charge in [-0.25, -0.2) is 0 Å². The van der Waals surface area contributed by atoms with Crippen molar-refractivity contribution in [2.75, 3.05) is 0 Å². The van der Waals surface area contributed by atoms with Crippen molar-refractivity contribution in [3.63, 3.8) is 0 Å². The number of hydrogen-bond donors (Lipinski definition) is 1. The Morgan fingerprint density at radius 2 is 2.28 bits per heavy atom. The molecule has 2 unspecified atom stereocenters. The summed E-state index contributed by atoms with van der Waals surface area (Å²) >= 11 is 1.69. The first-order valence-electron chi connectivity index (χ1n) is 6.36. The highest BCUT2D eigenvalue weighted by Crippen LogP contribution is 2.32. The average molecular weight is 264 g/mol. The Bertz CT molecular complexity index is 495. The zero-order chi connectivity index (χ0) is 12.4. The molecule has 18 heavy (non-hydrogen) atoms. The van der Waals surface area contributed by atoms with Crippen molar-refractivity contribution in [1.82, 2.24) is 10.1 Å². The van der Waals surface area contributed by atoms with E-state index in [1.54, 1.807) is 11.3 Å². The number of aliphatic hydroxyl groups is 1. The van der Waals surface area contributed by atoms with Crippen LogP contribution < -0.4 is 0 Å². The zero-order valence-electron chi connectivity index (χ0n) is 10.1. The van der Waals surface area contributed by atoms with E-state index in [0.29, 0.717) is 18.1 Å². The van der Waals surface area contributed by atoms with Gasteiger partial charge < -0.3 is 9.63 Å². The second-order valence-electron chi connectivity index (χ2n) is 4.76. The van der Waals surface area contributed by atoms with Crippen LogP contribution in [0.25, 0.3) is 0 Å². The molecule has 4 nitrogen and oxygen atoms in total. The number of aromatic nitrogens is 2. The Labute approximate surface area is 110 Å². The van der Waals surface area contributed by atoms with E-state index < -0.39 is 0 Å². The molecule has 0 amide bonds. The van der Waals surface area contributed by atoms with Gasteiger partial charge in [-0.15, -0.1) is 11.3 Å². The molecule has 0 spiro atoms. The van der Waals surface area contributed by atoms with E-state index in [4.69, 9.17) is 4.52 Å². The zero-order valence-corrected chi connectivity index (χ0v) is 10.9. The van der Waals surface area contributed by atoms with Crippen molar-refractivity contribution in [2.45, 2.75) is 44.1 Å². The Hall–Kier alpha value is -1.20. The van der Waals surface area contributed by atoms with Crippen molar-refractivity contribution in [3.8, 4) is 0 Å². The third-order valence-electron chi connectivity index (χ3n) is 3.44. The fourth-order valence-electron chi connectivity index (χ4n) is 2.46. The molecule has 1 saturated carbocycles. The molecule has 2 atom stereocenters. The van der Waals surface area contributed by atoms with Crippen LogP contribution in [0.4, 0.5) is 0 Å². The van der Waals surface area contributed by atoms with Crippen LogP contribution in [0.3, 0.4) is 0 Å². The first kappa shape index (κ1) is 11.9. The molecule has 2 heterocycles. The molecule has 1 N–H and O–H groups in total. The molecule has 3 rings (SSSR count). The summed E-state index contributed by atoms with van der Waals surface area (Å²) in [7, 11) is 0. The van der Waals surface area contributed by atoms with Crippen molar-refractivity contribution >= 4 is 11.3 Å². The highest BCUT2D eigenvalue weighted by molar-refractivity contribution is 7.09. The maximum absolute atomic E-state index is 9.96. The van der Waals surface area contributed by atoms with Gasteiger partial charge >= 0.3 is 0 Å². The molecule has 0 aromatic carbocycles. The van der Waals surface area contributed by atoms with Gasteiger partial charge in [0.05, 0.1) is 12.0 Å². The monoisotopic (exact) mass is 264 g/mol. The molecule has 2 aromatic heterocycles. The number of aliphatic hydroxyl groups excluding tert-OH is 1. The summed E-state index contributed by atoms with van der Waals surface area (Å²) in [4.78, 5) is 5.66. The third-order valence-corrected chi connectivity index (χ3v) is 4.32. The number of hydrogen-bond acceptors (Lipinski definition) is 5. The molecule has 2 aromatic rings. The molecule has 5 heteroatoms. The minimum atomic E-state index is -0.325. The second-order valence-corrected chi connectivity index (χ2v) is 5.80. The van der Waals surface area contributed by atoms with Gasteiger partial charge in [0.1, 0.15) is 0 Å². The summed E-state index contributed by atoms with van der Waals surface area (Å²) in [6.45, 7) is 0. The van der Waals surface area contributed by atoms with Crippen molar-refractivity contribution < 1.29 is 9.63 Å². The summed E-state index contributed by atoms with van der Waals surface area (Å²) < 4.78 is 5.31. The Morgan fingerprint density at radius 3 is 3.06 bits per heavy atom. The van der Waals surface area contributed by atoms with E-state index in [1.807, 2.05) is 11.4 Å². The van der Waals surface area contributed by atoms with Gasteiger partial charge in [-0.05, 0) is 24.3 Å². The number of thiophene rings is 1. The van der Waals surface area contributed by atoms with Gasteiger partial charge in [-0.1, -0.05) is 24.1 Å².